The number of benzene rings is 2. The zero-order valence-corrected chi connectivity index (χ0v) is 10.4. The van der Waals surface area contributed by atoms with E-state index in [0.29, 0.717) is 16.9 Å². The number of aliphatic imine (C=N–C) groups is 1. The molecule has 0 aliphatic carbocycles. The Morgan fingerprint density at radius 1 is 1.16 bits per heavy atom. The number of aryl methyl sites for hydroxylation is 1. The molecular weight excluding hydrogens is 240 g/mol. The molecule has 0 radical (unpaired) electrons. The Morgan fingerprint density at radius 3 is 2.58 bits per heavy atom. The van der Waals surface area contributed by atoms with E-state index in [-0.39, 0.29) is 5.91 Å². The summed E-state index contributed by atoms with van der Waals surface area (Å²) >= 11 is 0. The molecule has 0 heterocycles. The van der Waals surface area contributed by atoms with Crippen molar-refractivity contribution < 1.29 is 9.59 Å². The zero-order chi connectivity index (χ0) is 13.7. The minimum atomic E-state index is -0.244. The zero-order valence-electron chi connectivity index (χ0n) is 10.4. The van der Waals surface area contributed by atoms with Gasteiger partial charge in [0.1, 0.15) is 5.69 Å². The number of carbonyl (C=O) groups is 1. The van der Waals surface area contributed by atoms with Gasteiger partial charge in [-0.05, 0) is 36.8 Å². The number of hydrogen-bond acceptors (Lipinski definition) is 3. The summed E-state index contributed by atoms with van der Waals surface area (Å²) in [6.07, 6.45) is 1.49. The Hall–Kier alpha value is -2.71. The van der Waals surface area contributed by atoms with Crippen LogP contribution in [0.5, 0.6) is 0 Å². The molecule has 1 amide bonds. The fraction of sp³-hybridized carbons (Fsp3) is 0.0667. The molecule has 94 valence electrons. The van der Waals surface area contributed by atoms with Crippen LogP contribution >= 0.6 is 0 Å². The molecule has 2 aromatic rings. The van der Waals surface area contributed by atoms with E-state index >= 15 is 0 Å². The highest BCUT2D eigenvalue weighted by Crippen LogP contribution is 2.26. The van der Waals surface area contributed by atoms with Crippen LogP contribution in [0.15, 0.2) is 53.5 Å². The number of nitrogens with one attached hydrogen (secondary N) is 1. The molecule has 0 atom stereocenters. The summed E-state index contributed by atoms with van der Waals surface area (Å²) in [5, 5.41) is 2.73. The molecule has 4 heteroatoms. The van der Waals surface area contributed by atoms with Crippen LogP contribution in [0, 0.1) is 6.92 Å². The molecule has 2 aromatic carbocycles. The van der Waals surface area contributed by atoms with Gasteiger partial charge in [0, 0.05) is 5.56 Å². The second-order valence-electron chi connectivity index (χ2n) is 4.04. The van der Waals surface area contributed by atoms with E-state index < -0.39 is 0 Å². The Morgan fingerprint density at radius 2 is 1.89 bits per heavy atom. The molecule has 0 aliphatic rings. The molecule has 0 bridgehead atoms. The molecule has 19 heavy (non-hydrogen) atoms. The van der Waals surface area contributed by atoms with E-state index in [1.165, 1.54) is 6.08 Å². The topological polar surface area (TPSA) is 58.5 Å². The van der Waals surface area contributed by atoms with Crippen LogP contribution in [0.4, 0.5) is 11.4 Å². The van der Waals surface area contributed by atoms with Gasteiger partial charge in [-0.25, -0.2) is 4.79 Å². The smallest absolute Gasteiger partial charge is 0.255 e. The van der Waals surface area contributed by atoms with Gasteiger partial charge in [0.05, 0.1) is 5.69 Å². The van der Waals surface area contributed by atoms with E-state index in [1.54, 1.807) is 36.4 Å². The van der Waals surface area contributed by atoms with Crippen molar-refractivity contribution in [1.29, 1.82) is 0 Å². The van der Waals surface area contributed by atoms with Crippen molar-refractivity contribution in [2.75, 3.05) is 5.32 Å². The maximum absolute atomic E-state index is 12.0. The fourth-order valence-corrected chi connectivity index (χ4v) is 1.67. The molecule has 0 saturated carbocycles. The number of rotatable bonds is 3. The van der Waals surface area contributed by atoms with Crippen LogP contribution in [0.3, 0.4) is 0 Å². The number of carbonyl (C=O) groups excluding carboxylic acids is 2. The van der Waals surface area contributed by atoms with Crippen molar-refractivity contribution in [3.8, 4) is 0 Å². The second-order valence-corrected chi connectivity index (χ2v) is 4.04. The lowest BCUT2D eigenvalue weighted by Gasteiger charge is -2.08. The average Bonchev–Trinajstić information content (AvgIpc) is 2.43. The third-order valence-electron chi connectivity index (χ3n) is 2.60. The highest BCUT2D eigenvalue weighted by molar-refractivity contribution is 6.05. The lowest BCUT2D eigenvalue weighted by atomic mass is 10.1. The van der Waals surface area contributed by atoms with Gasteiger partial charge < -0.3 is 5.32 Å². The molecule has 0 aromatic heterocycles. The Bertz CT molecular complexity index is 644. The van der Waals surface area contributed by atoms with E-state index in [1.807, 2.05) is 19.1 Å². The SMILES string of the molecule is Cc1ccc(NC(=O)c2ccccc2)c(N=C=O)c1. The van der Waals surface area contributed by atoms with E-state index in [9.17, 15) is 9.59 Å². The standard InChI is InChI=1S/C15H12N2O2/c1-11-7-8-13(14(9-11)16-10-18)17-15(19)12-5-3-2-4-6-12/h2-9H,1H3,(H,17,19). The predicted molar refractivity (Wildman–Crippen MR) is 73.4 cm³/mol. The van der Waals surface area contributed by atoms with Gasteiger partial charge in [0.15, 0.2) is 0 Å². The molecule has 0 spiro atoms. The number of isocyanates is 1. The van der Waals surface area contributed by atoms with Crippen LogP contribution in [0.1, 0.15) is 15.9 Å². The molecule has 0 unspecified atom stereocenters. The van der Waals surface area contributed by atoms with Gasteiger partial charge in [-0.2, -0.15) is 4.99 Å². The minimum Gasteiger partial charge on any atom is -0.320 e. The normalized spacial score (nSPS) is 9.53. The Labute approximate surface area is 110 Å². The largest absolute Gasteiger partial charge is 0.320 e. The van der Waals surface area contributed by atoms with Crippen LogP contribution in [-0.4, -0.2) is 12.0 Å². The first-order chi connectivity index (χ1) is 9.20. The highest BCUT2D eigenvalue weighted by atomic mass is 16.1. The summed E-state index contributed by atoms with van der Waals surface area (Å²) < 4.78 is 0. The first kappa shape index (κ1) is 12.7. The summed E-state index contributed by atoms with van der Waals surface area (Å²) in [5.74, 6) is -0.244. The first-order valence-corrected chi connectivity index (χ1v) is 5.75. The van der Waals surface area contributed by atoms with Crippen molar-refractivity contribution in [2.24, 2.45) is 4.99 Å². The molecule has 0 saturated heterocycles. The van der Waals surface area contributed by atoms with Gasteiger partial charge in [-0.1, -0.05) is 24.3 Å². The maximum Gasteiger partial charge on any atom is 0.255 e. The van der Waals surface area contributed by atoms with Crippen molar-refractivity contribution >= 4 is 23.4 Å². The third kappa shape index (κ3) is 3.15. The van der Waals surface area contributed by atoms with Crippen molar-refractivity contribution in [3.63, 3.8) is 0 Å². The quantitative estimate of drug-likeness (QED) is 0.673. The van der Waals surface area contributed by atoms with Crippen molar-refractivity contribution in [3.05, 3.63) is 59.7 Å². The maximum atomic E-state index is 12.0. The summed E-state index contributed by atoms with van der Waals surface area (Å²) in [6.45, 7) is 1.88. The summed E-state index contributed by atoms with van der Waals surface area (Å²) in [5.41, 5.74) is 2.39. The van der Waals surface area contributed by atoms with E-state index in [2.05, 4.69) is 10.3 Å². The highest BCUT2D eigenvalue weighted by Gasteiger charge is 2.08. The number of anilines is 1. The van der Waals surface area contributed by atoms with Crippen molar-refractivity contribution in [1.82, 2.24) is 0 Å². The first-order valence-electron chi connectivity index (χ1n) is 5.75. The lowest BCUT2D eigenvalue weighted by molar-refractivity contribution is 0.102. The predicted octanol–water partition coefficient (Wildman–Crippen LogP) is 3.21. The average molecular weight is 252 g/mol. The van der Waals surface area contributed by atoms with Crippen LogP contribution in [0.2, 0.25) is 0 Å². The van der Waals surface area contributed by atoms with Gasteiger partial charge in [0.2, 0.25) is 6.08 Å². The van der Waals surface area contributed by atoms with E-state index in [4.69, 9.17) is 0 Å². The molecule has 0 fully saturated rings. The van der Waals surface area contributed by atoms with Gasteiger partial charge in [0.25, 0.3) is 5.91 Å². The Balaban J connectivity index is 2.29. The van der Waals surface area contributed by atoms with Gasteiger partial charge in [-0.15, -0.1) is 0 Å². The van der Waals surface area contributed by atoms with Crippen LogP contribution in [-0.2, 0) is 4.79 Å². The Kier molecular flexibility index (Phi) is 3.86. The molecule has 1 N–H and O–H groups in total. The minimum absolute atomic E-state index is 0.244. The van der Waals surface area contributed by atoms with Gasteiger partial charge >= 0.3 is 0 Å². The summed E-state index contributed by atoms with van der Waals surface area (Å²) in [6, 6.07) is 14.1. The van der Waals surface area contributed by atoms with Crippen LogP contribution in [0.25, 0.3) is 0 Å². The monoisotopic (exact) mass is 252 g/mol. The fourth-order valence-electron chi connectivity index (χ4n) is 1.67. The van der Waals surface area contributed by atoms with E-state index in [0.717, 1.165) is 5.56 Å². The molecular formula is C15H12N2O2. The summed E-state index contributed by atoms with van der Waals surface area (Å²) in [4.78, 5) is 26.0. The van der Waals surface area contributed by atoms with Gasteiger partial charge in [-0.3, -0.25) is 4.79 Å². The number of amides is 1. The second kappa shape index (κ2) is 5.76. The van der Waals surface area contributed by atoms with Crippen LogP contribution < -0.4 is 5.32 Å². The number of nitrogens with zero attached hydrogens (tertiary/aromatic N) is 1. The lowest BCUT2D eigenvalue weighted by Crippen LogP contribution is -2.11. The summed E-state index contributed by atoms with van der Waals surface area (Å²) in [7, 11) is 0. The van der Waals surface area contributed by atoms with Crippen molar-refractivity contribution in [2.45, 2.75) is 6.92 Å². The number of hydrogen-bond donors (Lipinski definition) is 1. The molecule has 0 aliphatic heterocycles. The third-order valence-corrected chi connectivity index (χ3v) is 2.60. The molecule has 4 nitrogen and oxygen atoms in total. The molecule has 2 rings (SSSR count).